The minimum Gasteiger partial charge on any atom is -0.444 e. The van der Waals surface area contributed by atoms with Crippen molar-refractivity contribution in [1.29, 1.82) is 0 Å². The maximum absolute atomic E-state index is 12.6. The predicted octanol–water partition coefficient (Wildman–Crippen LogP) is 2.89. The van der Waals surface area contributed by atoms with E-state index in [1.54, 1.807) is 25.4 Å². The average molecular weight is 362 g/mol. The topological polar surface area (TPSA) is 83.6 Å². The number of carbonyl (C=O) groups excluding carboxylic acids is 2. The predicted molar refractivity (Wildman–Crippen MR) is 101 cm³/mol. The van der Waals surface area contributed by atoms with E-state index in [9.17, 15) is 9.59 Å². The number of piperidine rings is 1. The molecule has 0 unspecified atom stereocenters. The number of amides is 2. The molecular weight excluding hydrogens is 332 g/mol. The summed E-state index contributed by atoms with van der Waals surface area (Å²) in [7, 11) is 1.79. The molecule has 7 heteroatoms. The van der Waals surface area contributed by atoms with Crippen molar-refractivity contribution in [3.05, 3.63) is 23.9 Å². The standard InChI is InChI=1S/C19H30N4O3/c1-13(22-18(25)26-19(2,3)4)14-8-10-23(11-9-14)17(24)15-6-7-16(20-5)21-12-15/h6-7,12-14H,8-11H2,1-5H3,(H,20,21)(H,22,25)/t13-/m1/s1. The SMILES string of the molecule is CNc1ccc(C(=O)N2CCC([C@@H](C)NC(=O)OC(C)(C)C)CC2)cn1. The van der Waals surface area contributed by atoms with Crippen LogP contribution < -0.4 is 10.6 Å². The number of likely N-dealkylation sites (tertiary alicyclic amines) is 1. The number of alkyl carbamates (subject to hydrolysis) is 1. The first kappa shape index (κ1) is 20.0. The van der Waals surface area contributed by atoms with Gasteiger partial charge in [-0.05, 0) is 58.6 Å². The smallest absolute Gasteiger partial charge is 0.407 e. The highest BCUT2D eigenvalue weighted by Crippen LogP contribution is 2.22. The van der Waals surface area contributed by atoms with Gasteiger partial charge in [-0.15, -0.1) is 0 Å². The van der Waals surface area contributed by atoms with E-state index >= 15 is 0 Å². The Morgan fingerprint density at radius 3 is 2.42 bits per heavy atom. The molecule has 1 aromatic rings. The van der Waals surface area contributed by atoms with Gasteiger partial charge in [0.05, 0.1) is 5.56 Å². The highest BCUT2D eigenvalue weighted by atomic mass is 16.6. The first-order valence-corrected chi connectivity index (χ1v) is 9.12. The number of rotatable bonds is 4. The van der Waals surface area contributed by atoms with Crippen LogP contribution in [-0.2, 0) is 4.74 Å². The Bertz CT molecular complexity index is 617. The number of nitrogens with zero attached hydrogens (tertiary/aromatic N) is 2. The van der Waals surface area contributed by atoms with Gasteiger partial charge in [-0.25, -0.2) is 9.78 Å². The zero-order valence-electron chi connectivity index (χ0n) is 16.3. The molecule has 1 aliphatic rings. The van der Waals surface area contributed by atoms with Crippen LogP contribution in [0.25, 0.3) is 0 Å². The highest BCUT2D eigenvalue weighted by molar-refractivity contribution is 5.94. The summed E-state index contributed by atoms with van der Waals surface area (Å²) >= 11 is 0. The second-order valence-electron chi connectivity index (χ2n) is 7.75. The van der Waals surface area contributed by atoms with Crippen LogP contribution in [0.1, 0.15) is 50.9 Å². The fraction of sp³-hybridized carbons (Fsp3) is 0.632. The van der Waals surface area contributed by atoms with E-state index in [1.165, 1.54) is 0 Å². The quantitative estimate of drug-likeness (QED) is 0.860. The molecule has 0 spiro atoms. The van der Waals surface area contributed by atoms with Crippen molar-refractivity contribution in [3.63, 3.8) is 0 Å². The van der Waals surface area contributed by atoms with Gasteiger partial charge in [0.2, 0.25) is 0 Å². The van der Waals surface area contributed by atoms with Crippen molar-refractivity contribution in [2.24, 2.45) is 5.92 Å². The second-order valence-corrected chi connectivity index (χ2v) is 7.75. The molecule has 0 saturated carbocycles. The lowest BCUT2D eigenvalue weighted by Gasteiger charge is -2.35. The molecule has 144 valence electrons. The third kappa shape index (κ3) is 5.61. The van der Waals surface area contributed by atoms with Crippen LogP contribution >= 0.6 is 0 Å². The zero-order chi connectivity index (χ0) is 19.3. The van der Waals surface area contributed by atoms with Crippen LogP contribution in [-0.4, -0.2) is 53.7 Å². The van der Waals surface area contributed by atoms with Crippen LogP contribution in [0, 0.1) is 5.92 Å². The van der Waals surface area contributed by atoms with Gasteiger partial charge in [-0.2, -0.15) is 0 Å². The van der Waals surface area contributed by atoms with Gasteiger partial charge < -0.3 is 20.3 Å². The number of nitrogens with one attached hydrogen (secondary N) is 2. The molecular formula is C19H30N4O3. The lowest BCUT2D eigenvalue weighted by molar-refractivity contribution is 0.0460. The van der Waals surface area contributed by atoms with Crippen molar-refractivity contribution < 1.29 is 14.3 Å². The Morgan fingerprint density at radius 2 is 1.92 bits per heavy atom. The average Bonchev–Trinajstić information content (AvgIpc) is 2.59. The van der Waals surface area contributed by atoms with Crippen molar-refractivity contribution >= 4 is 17.8 Å². The molecule has 2 N–H and O–H groups in total. The molecule has 1 aromatic heterocycles. The van der Waals surface area contributed by atoms with E-state index in [1.807, 2.05) is 32.6 Å². The van der Waals surface area contributed by atoms with E-state index < -0.39 is 5.60 Å². The highest BCUT2D eigenvalue weighted by Gasteiger charge is 2.28. The first-order valence-electron chi connectivity index (χ1n) is 9.12. The van der Waals surface area contributed by atoms with Gasteiger partial charge in [0.1, 0.15) is 11.4 Å². The Morgan fingerprint density at radius 1 is 1.27 bits per heavy atom. The van der Waals surface area contributed by atoms with Gasteiger partial charge in [-0.3, -0.25) is 4.79 Å². The van der Waals surface area contributed by atoms with Gasteiger partial charge in [0, 0.05) is 32.4 Å². The Kier molecular flexibility index (Phi) is 6.45. The number of carbonyl (C=O) groups is 2. The third-order valence-corrected chi connectivity index (χ3v) is 4.54. The lowest BCUT2D eigenvalue weighted by Crippen LogP contribution is -2.46. The largest absolute Gasteiger partial charge is 0.444 e. The van der Waals surface area contributed by atoms with E-state index in [-0.39, 0.29) is 18.0 Å². The summed E-state index contributed by atoms with van der Waals surface area (Å²) in [5.41, 5.74) is 0.0959. The number of anilines is 1. The van der Waals surface area contributed by atoms with Crippen LogP contribution in [0.2, 0.25) is 0 Å². The number of pyridine rings is 1. The second kappa shape index (κ2) is 8.38. The van der Waals surface area contributed by atoms with Gasteiger partial charge >= 0.3 is 6.09 Å². The summed E-state index contributed by atoms with van der Waals surface area (Å²) < 4.78 is 5.31. The Hall–Kier alpha value is -2.31. The molecule has 7 nitrogen and oxygen atoms in total. The number of hydrogen-bond acceptors (Lipinski definition) is 5. The molecule has 2 amide bonds. The third-order valence-electron chi connectivity index (χ3n) is 4.54. The van der Waals surface area contributed by atoms with Crippen LogP contribution in [0.5, 0.6) is 0 Å². The zero-order valence-corrected chi connectivity index (χ0v) is 16.3. The van der Waals surface area contributed by atoms with Crippen molar-refractivity contribution in [2.75, 3.05) is 25.5 Å². The van der Waals surface area contributed by atoms with Crippen LogP contribution in [0.15, 0.2) is 18.3 Å². The van der Waals surface area contributed by atoms with Crippen molar-refractivity contribution in [1.82, 2.24) is 15.2 Å². The number of ether oxygens (including phenoxy) is 1. The summed E-state index contributed by atoms with van der Waals surface area (Å²) in [4.78, 5) is 30.5. The minimum atomic E-state index is -0.504. The lowest BCUT2D eigenvalue weighted by atomic mass is 9.90. The van der Waals surface area contributed by atoms with Crippen LogP contribution in [0.3, 0.4) is 0 Å². The molecule has 1 aliphatic heterocycles. The summed E-state index contributed by atoms with van der Waals surface area (Å²) in [6.07, 6.45) is 2.92. The molecule has 26 heavy (non-hydrogen) atoms. The first-order chi connectivity index (χ1) is 12.2. The van der Waals surface area contributed by atoms with E-state index in [2.05, 4.69) is 15.6 Å². The fourth-order valence-corrected chi connectivity index (χ4v) is 3.06. The molecule has 0 aromatic carbocycles. The summed E-state index contributed by atoms with van der Waals surface area (Å²) in [5.74, 6) is 1.07. The summed E-state index contributed by atoms with van der Waals surface area (Å²) in [5, 5.41) is 5.85. The molecule has 1 fully saturated rings. The molecule has 0 aliphatic carbocycles. The van der Waals surface area contributed by atoms with E-state index in [4.69, 9.17) is 4.74 Å². The molecule has 0 radical (unpaired) electrons. The van der Waals surface area contributed by atoms with E-state index in [0.29, 0.717) is 24.6 Å². The Labute approximate surface area is 155 Å². The van der Waals surface area contributed by atoms with E-state index in [0.717, 1.165) is 18.7 Å². The molecule has 1 atom stereocenters. The van der Waals surface area contributed by atoms with Gasteiger partial charge in [0.25, 0.3) is 5.91 Å². The maximum Gasteiger partial charge on any atom is 0.407 e. The summed E-state index contributed by atoms with van der Waals surface area (Å²) in [6, 6.07) is 3.60. The van der Waals surface area contributed by atoms with Crippen molar-refractivity contribution in [2.45, 2.75) is 52.2 Å². The Balaban J connectivity index is 1.84. The monoisotopic (exact) mass is 362 g/mol. The van der Waals surface area contributed by atoms with Gasteiger partial charge in [-0.1, -0.05) is 0 Å². The molecule has 2 heterocycles. The number of hydrogen-bond donors (Lipinski definition) is 2. The normalized spacial score (nSPS) is 16.7. The maximum atomic E-state index is 12.6. The molecule has 0 bridgehead atoms. The summed E-state index contributed by atoms with van der Waals surface area (Å²) in [6.45, 7) is 8.89. The number of aromatic nitrogens is 1. The van der Waals surface area contributed by atoms with Gasteiger partial charge in [0.15, 0.2) is 0 Å². The molecule has 1 saturated heterocycles. The van der Waals surface area contributed by atoms with Crippen LogP contribution in [0.4, 0.5) is 10.6 Å². The fourth-order valence-electron chi connectivity index (χ4n) is 3.06. The minimum absolute atomic E-state index is 0.00589. The van der Waals surface area contributed by atoms with Crippen molar-refractivity contribution in [3.8, 4) is 0 Å². The molecule has 2 rings (SSSR count).